The quantitative estimate of drug-likeness (QED) is 0.0747. The van der Waals surface area contributed by atoms with Crippen LogP contribution >= 0.6 is 0 Å². The minimum atomic E-state index is -0.905. The molecule has 6 N–H and O–H groups in total. The Bertz CT molecular complexity index is 2350. The lowest BCUT2D eigenvalue weighted by molar-refractivity contribution is -0.144. The summed E-state index contributed by atoms with van der Waals surface area (Å²) in [5.41, 5.74) is 1.98. The van der Waals surface area contributed by atoms with E-state index >= 15 is 0 Å². The van der Waals surface area contributed by atoms with Gasteiger partial charge >= 0.3 is 0 Å². The summed E-state index contributed by atoms with van der Waals surface area (Å²) >= 11 is 0. The van der Waals surface area contributed by atoms with Gasteiger partial charge in [0.2, 0.25) is 35.4 Å². The van der Waals surface area contributed by atoms with Gasteiger partial charge in [0.25, 0.3) is 0 Å². The summed E-state index contributed by atoms with van der Waals surface area (Å²) in [4.78, 5) is 86.8. The second-order valence-corrected chi connectivity index (χ2v) is 21.9. The molecule has 2 aliphatic rings. The van der Waals surface area contributed by atoms with E-state index in [4.69, 9.17) is 0 Å². The Balaban J connectivity index is 1.14. The number of rotatable bonds is 20. The maximum atomic E-state index is 14.6. The van der Waals surface area contributed by atoms with Crippen LogP contribution in [0.15, 0.2) is 73.1 Å². The fraction of sp³-hybridized carbons (Fsp3) is 0.585. The molecule has 10 atom stereocenters. The first kappa shape index (κ1) is 55.8. The molecule has 4 aromatic rings. The van der Waals surface area contributed by atoms with Crippen molar-refractivity contribution in [1.29, 1.82) is 0 Å². The van der Waals surface area contributed by atoms with Crippen LogP contribution in [-0.2, 0) is 41.6 Å². The molecule has 2 unspecified atom stereocenters. The molecule has 73 heavy (non-hydrogen) atoms. The number of benzene rings is 2. The van der Waals surface area contributed by atoms with Crippen molar-refractivity contribution in [3.63, 3.8) is 0 Å². The zero-order valence-corrected chi connectivity index (χ0v) is 44.7. The van der Waals surface area contributed by atoms with E-state index in [1.54, 1.807) is 47.1 Å². The predicted octanol–water partition coefficient (Wildman–Crippen LogP) is 3.36. The topological polar surface area (TPSA) is 242 Å². The van der Waals surface area contributed by atoms with Crippen molar-refractivity contribution in [3.8, 4) is 0 Å². The monoisotopic (exact) mass is 1010 g/mol. The van der Waals surface area contributed by atoms with E-state index < -0.39 is 47.1 Å². The van der Waals surface area contributed by atoms with Gasteiger partial charge < -0.3 is 41.7 Å². The second kappa shape index (κ2) is 24.0. The summed E-state index contributed by atoms with van der Waals surface area (Å²) in [6.45, 7) is 19.0. The summed E-state index contributed by atoms with van der Waals surface area (Å²) in [7, 11) is 3.36. The maximum Gasteiger partial charge on any atom is 0.246 e. The molecule has 396 valence electrons. The molecule has 0 bridgehead atoms. The van der Waals surface area contributed by atoms with Crippen molar-refractivity contribution in [1.82, 2.24) is 71.7 Å². The zero-order valence-electron chi connectivity index (χ0n) is 44.7. The summed E-state index contributed by atoms with van der Waals surface area (Å²) in [5, 5.41) is 35.9. The maximum absolute atomic E-state index is 14.6. The van der Waals surface area contributed by atoms with Crippen LogP contribution in [0.4, 0.5) is 0 Å². The standard InChI is InChI=1S/C53H78N14O6/c1-32(36-20-15-13-16-21-36)56-48(70)42-26-40(30-64(42)50(72)44(52(5,6)7)58-46(68)34(3)54-11)66-28-38(60-62-66)24-19-25-39-29-67(63-61-39)41-27-43(49(71)57-33(2)37-22-17-14-18-23-37)65(31-41)51(73)45(53(8,9)10)59-47(69)35(4)55-12/h13-18,20-23,28-29,32-35,40-45,54-55H,19,24-27,30-31H2,1-12H3,(H,56,70)(H,57,71)(H,58,68)(H,59,69)/t32-,33-,34+,35+,40+,41?,42+,43?,44-,45-/m1/s1. The molecule has 2 aromatic carbocycles. The van der Waals surface area contributed by atoms with E-state index in [0.717, 1.165) is 22.5 Å². The molecule has 20 nitrogen and oxygen atoms in total. The lowest BCUT2D eigenvalue weighted by Gasteiger charge is -2.36. The molecule has 0 aliphatic carbocycles. The molecule has 2 saturated heterocycles. The van der Waals surface area contributed by atoms with Crippen LogP contribution in [0, 0.1) is 10.8 Å². The molecule has 0 spiro atoms. The highest BCUT2D eigenvalue weighted by Gasteiger charge is 2.48. The first-order chi connectivity index (χ1) is 34.5. The summed E-state index contributed by atoms with van der Waals surface area (Å²) in [6.07, 6.45) is 6.07. The van der Waals surface area contributed by atoms with Crippen LogP contribution in [0.25, 0.3) is 0 Å². The van der Waals surface area contributed by atoms with Crippen LogP contribution in [0.2, 0.25) is 0 Å². The minimum Gasteiger partial charge on any atom is -0.348 e. The number of carbonyl (C=O) groups excluding carboxylic acids is 6. The Morgan fingerprint density at radius 1 is 0.562 bits per heavy atom. The number of nitrogens with zero attached hydrogens (tertiary/aromatic N) is 8. The van der Waals surface area contributed by atoms with Gasteiger partial charge in [0.1, 0.15) is 24.2 Å². The second-order valence-electron chi connectivity index (χ2n) is 21.9. The van der Waals surface area contributed by atoms with Crippen LogP contribution in [0.3, 0.4) is 0 Å². The number of hydrogen-bond donors (Lipinski definition) is 6. The fourth-order valence-corrected chi connectivity index (χ4v) is 9.35. The minimum absolute atomic E-state index is 0.187. The van der Waals surface area contributed by atoms with Gasteiger partial charge in [-0.1, -0.05) is 113 Å². The molecular weight excluding hydrogens is 929 g/mol. The number of carbonyl (C=O) groups is 6. The summed E-state index contributed by atoms with van der Waals surface area (Å²) in [5.74, 6) is -1.93. The first-order valence-corrected chi connectivity index (χ1v) is 25.6. The number of hydrogen-bond acceptors (Lipinski definition) is 12. The molecule has 0 radical (unpaired) electrons. The molecule has 20 heteroatoms. The highest BCUT2D eigenvalue weighted by molar-refractivity contribution is 5.95. The SMILES string of the molecule is CN[C@@H](C)C(=O)N[C@H](C(=O)N1CC(n2cc(CCCc3cn([C@H]4C[C@@H](C(=O)N[C@H](C)c5ccccc5)N(C(=O)[C@@H](NC(=O)[C@H](C)NC)C(C)(C)C)C4)nn3)nn2)CC1C(=O)N[C@H](C)c1ccccc1)C(C)(C)C. The van der Waals surface area contributed by atoms with Gasteiger partial charge in [-0.05, 0) is 83.0 Å². The lowest BCUT2D eigenvalue weighted by atomic mass is 9.85. The number of aromatic nitrogens is 6. The van der Waals surface area contributed by atoms with Crippen molar-refractivity contribution in [2.24, 2.45) is 10.8 Å². The van der Waals surface area contributed by atoms with E-state index in [9.17, 15) is 28.8 Å². The van der Waals surface area contributed by atoms with Gasteiger partial charge in [0.15, 0.2) is 0 Å². The largest absolute Gasteiger partial charge is 0.348 e. The Labute approximate surface area is 429 Å². The van der Waals surface area contributed by atoms with Crippen molar-refractivity contribution in [2.75, 3.05) is 27.2 Å². The van der Waals surface area contributed by atoms with Crippen LogP contribution in [-0.4, -0.2) is 139 Å². The third-order valence-corrected chi connectivity index (χ3v) is 14.2. The van der Waals surface area contributed by atoms with Crippen molar-refractivity contribution in [2.45, 2.75) is 162 Å². The molecule has 0 saturated carbocycles. The van der Waals surface area contributed by atoms with Gasteiger partial charge in [0, 0.05) is 38.3 Å². The smallest absolute Gasteiger partial charge is 0.246 e. The average molecular weight is 1010 g/mol. The highest BCUT2D eigenvalue weighted by atomic mass is 16.2. The molecule has 4 heterocycles. The number of likely N-dealkylation sites (tertiary alicyclic amines) is 2. The van der Waals surface area contributed by atoms with Gasteiger partial charge in [-0.2, -0.15) is 0 Å². The number of nitrogens with one attached hydrogen (secondary N) is 6. The third kappa shape index (κ3) is 14.0. The Hall–Kier alpha value is -6.54. The molecular formula is C53H78N14O6. The average Bonchev–Trinajstić information content (AvgIpc) is 4.21. The summed E-state index contributed by atoms with van der Waals surface area (Å²) < 4.78 is 3.45. The van der Waals surface area contributed by atoms with Gasteiger partial charge in [-0.15, -0.1) is 10.2 Å². The molecule has 2 aliphatic heterocycles. The normalized spacial score (nSPS) is 20.6. The Kier molecular flexibility index (Phi) is 18.3. The highest BCUT2D eigenvalue weighted by Crippen LogP contribution is 2.34. The van der Waals surface area contributed by atoms with Crippen molar-refractivity contribution < 1.29 is 28.8 Å². The molecule has 6 amide bonds. The van der Waals surface area contributed by atoms with E-state index in [0.29, 0.717) is 32.1 Å². The number of likely N-dealkylation sites (N-methyl/N-ethyl adjacent to an activating group) is 2. The van der Waals surface area contributed by atoms with Crippen LogP contribution < -0.4 is 31.9 Å². The van der Waals surface area contributed by atoms with Gasteiger partial charge in [0.05, 0.1) is 47.6 Å². The summed E-state index contributed by atoms with van der Waals surface area (Å²) in [6, 6.07) is 13.4. The fourth-order valence-electron chi connectivity index (χ4n) is 9.35. The number of aryl methyl sites for hydroxylation is 2. The Morgan fingerprint density at radius 2 is 0.918 bits per heavy atom. The van der Waals surface area contributed by atoms with Crippen molar-refractivity contribution >= 4 is 35.4 Å². The van der Waals surface area contributed by atoms with Crippen LogP contribution in [0.1, 0.15) is 135 Å². The van der Waals surface area contributed by atoms with Gasteiger partial charge in [-0.25, -0.2) is 9.36 Å². The first-order valence-electron chi connectivity index (χ1n) is 25.6. The van der Waals surface area contributed by atoms with Gasteiger partial charge in [-0.3, -0.25) is 28.8 Å². The zero-order chi connectivity index (χ0) is 53.4. The lowest BCUT2D eigenvalue weighted by Crippen LogP contribution is -2.59. The molecule has 2 fully saturated rings. The predicted molar refractivity (Wildman–Crippen MR) is 276 cm³/mol. The Morgan fingerprint density at radius 3 is 1.25 bits per heavy atom. The number of amides is 6. The molecule has 6 rings (SSSR count). The van der Waals surface area contributed by atoms with Crippen molar-refractivity contribution in [3.05, 3.63) is 95.6 Å². The van der Waals surface area contributed by atoms with E-state index in [2.05, 4.69) is 52.5 Å². The van der Waals surface area contributed by atoms with E-state index in [1.165, 1.54) is 0 Å². The van der Waals surface area contributed by atoms with E-state index in [1.807, 2.05) is 128 Å². The molecule has 2 aromatic heterocycles. The third-order valence-electron chi connectivity index (χ3n) is 14.2. The van der Waals surface area contributed by atoms with Crippen LogP contribution in [0.5, 0.6) is 0 Å². The van der Waals surface area contributed by atoms with E-state index in [-0.39, 0.29) is 72.7 Å².